The van der Waals surface area contributed by atoms with Crippen molar-refractivity contribution < 1.29 is 9.47 Å². The smallest absolute Gasteiger partial charge is 0.211 e. The number of nitrogens with zero attached hydrogens (tertiary/aromatic N) is 1. The Bertz CT molecular complexity index is 431. The van der Waals surface area contributed by atoms with Crippen molar-refractivity contribution in [3.05, 3.63) is 47.7 Å². The maximum atomic E-state index is 9.06. The maximum absolute atomic E-state index is 9.06. The molecule has 1 fully saturated rings. The quantitative estimate of drug-likeness (QED) is 0.645. The molecule has 1 unspecified atom stereocenters. The molecule has 0 spiro atoms. The van der Waals surface area contributed by atoms with Gasteiger partial charge >= 0.3 is 0 Å². The number of benzene rings is 1. The normalized spacial score (nSPS) is 20.2. The zero-order valence-electron chi connectivity index (χ0n) is 10.1. The lowest BCUT2D eigenvalue weighted by atomic mass is 10.1. The Labute approximate surface area is 107 Å². The number of rotatable bonds is 4. The van der Waals surface area contributed by atoms with Gasteiger partial charge in [-0.15, -0.1) is 0 Å². The van der Waals surface area contributed by atoms with Gasteiger partial charge in [-0.3, -0.25) is 0 Å². The van der Waals surface area contributed by atoms with Crippen molar-refractivity contribution in [2.45, 2.75) is 12.7 Å². The molecule has 1 saturated heterocycles. The highest BCUT2D eigenvalue weighted by atomic mass is 16.7. The van der Waals surface area contributed by atoms with Gasteiger partial charge in [0.2, 0.25) is 6.29 Å². The fourth-order valence-corrected chi connectivity index (χ4v) is 1.71. The number of hydrogen-bond acceptors (Lipinski definition) is 4. The molecule has 1 aromatic rings. The van der Waals surface area contributed by atoms with Crippen LogP contribution in [0, 0.1) is 11.3 Å². The molecule has 0 aromatic heterocycles. The Morgan fingerprint density at radius 3 is 3.00 bits per heavy atom. The van der Waals surface area contributed by atoms with Crippen LogP contribution in [0.1, 0.15) is 5.56 Å². The van der Waals surface area contributed by atoms with Crippen molar-refractivity contribution in [2.75, 3.05) is 19.7 Å². The molecule has 0 aliphatic carbocycles. The number of morpholine rings is 1. The molecule has 1 aliphatic heterocycles. The summed E-state index contributed by atoms with van der Waals surface area (Å²) in [5, 5.41) is 12.2. The van der Waals surface area contributed by atoms with E-state index in [1.54, 1.807) is 0 Å². The maximum Gasteiger partial charge on any atom is 0.211 e. The SMILES string of the molecule is N#CC(=COC1CNCCO1)Cc1ccccc1. The molecule has 1 N–H and O–H groups in total. The zero-order valence-corrected chi connectivity index (χ0v) is 10.1. The third-order valence-electron chi connectivity index (χ3n) is 2.64. The van der Waals surface area contributed by atoms with Gasteiger partial charge in [0.05, 0.1) is 24.8 Å². The summed E-state index contributed by atoms with van der Waals surface area (Å²) in [5.41, 5.74) is 1.69. The lowest BCUT2D eigenvalue weighted by molar-refractivity contribution is -0.119. The summed E-state index contributed by atoms with van der Waals surface area (Å²) in [4.78, 5) is 0. The summed E-state index contributed by atoms with van der Waals surface area (Å²) < 4.78 is 10.8. The second-order valence-electron chi connectivity index (χ2n) is 4.06. The minimum absolute atomic E-state index is 0.294. The van der Waals surface area contributed by atoms with E-state index in [9.17, 15) is 0 Å². The number of ether oxygens (including phenoxy) is 2. The standard InChI is InChI=1S/C14H16N2O2/c15-9-13(8-12-4-2-1-3-5-12)11-18-14-10-16-6-7-17-14/h1-5,11,14,16H,6-8,10H2. The van der Waals surface area contributed by atoms with E-state index in [0.717, 1.165) is 12.1 Å². The molecular weight excluding hydrogens is 228 g/mol. The van der Waals surface area contributed by atoms with Crippen LogP contribution in [0.4, 0.5) is 0 Å². The molecule has 1 aromatic carbocycles. The third-order valence-corrected chi connectivity index (χ3v) is 2.64. The molecule has 0 radical (unpaired) electrons. The highest BCUT2D eigenvalue weighted by molar-refractivity contribution is 5.28. The number of nitriles is 1. The largest absolute Gasteiger partial charge is 0.470 e. The van der Waals surface area contributed by atoms with E-state index in [2.05, 4.69) is 11.4 Å². The molecule has 1 aliphatic rings. The van der Waals surface area contributed by atoms with Crippen LogP contribution in [0.25, 0.3) is 0 Å². The minimum Gasteiger partial charge on any atom is -0.470 e. The van der Waals surface area contributed by atoms with Crippen LogP contribution in [-0.2, 0) is 15.9 Å². The summed E-state index contributed by atoms with van der Waals surface area (Å²) in [5.74, 6) is 0. The van der Waals surface area contributed by atoms with Crippen LogP contribution in [0.5, 0.6) is 0 Å². The molecule has 0 bridgehead atoms. The summed E-state index contributed by atoms with van der Waals surface area (Å²) >= 11 is 0. The number of hydrogen-bond donors (Lipinski definition) is 1. The molecule has 0 amide bonds. The predicted octanol–water partition coefficient (Wildman–Crippen LogP) is 1.60. The number of nitrogens with one attached hydrogen (secondary N) is 1. The van der Waals surface area contributed by atoms with Gasteiger partial charge in [0, 0.05) is 13.0 Å². The molecule has 18 heavy (non-hydrogen) atoms. The van der Waals surface area contributed by atoms with Crippen molar-refractivity contribution in [1.29, 1.82) is 5.26 Å². The molecule has 2 rings (SSSR count). The van der Waals surface area contributed by atoms with Gasteiger partial charge in [-0.25, -0.2) is 0 Å². The van der Waals surface area contributed by atoms with Gasteiger partial charge in [-0.05, 0) is 5.56 Å². The molecule has 0 saturated carbocycles. The summed E-state index contributed by atoms with van der Waals surface area (Å²) in [6.45, 7) is 2.14. The Morgan fingerprint density at radius 2 is 2.33 bits per heavy atom. The van der Waals surface area contributed by atoms with Gasteiger partial charge in [0.15, 0.2) is 0 Å². The fourth-order valence-electron chi connectivity index (χ4n) is 1.71. The van der Waals surface area contributed by atoms with Crippen molar-refractivity contribution in [1.82, 2.24) is 5.32 Å². The summed E-state index contributed by atoms with van der Waals surface area (Å²) in [6, 6.07) is 12.0. The second kappa shape index (κ2) is 6.80. The van der Waals surface area contributed by atoms with Crippen molar-refractivity contribution >= 4 is 0 Å². The first-order valence-electron chi connectivity index (χ1n) is 5.99. The average molecular weight is 244 g/mol. The lowest BCUT2D eigenvalue weighted by Crippen LogP contribution is -2.39. The molecule has 1 heterocycles. The van der Waals surface area contributed by atoms with E-state index in [0.29, 0.717) is 25.1 Å². The van der Waals surface area contributed by atoms with Crippen LogP contribution in [0.3, 0.4) is 0 Å². The van der Waals surface area contributed by atoms with E-state index in [4.69, 9.17) is 14.7 Å². The van der Waals surface area contributed by atoms with Crippen LogP contribution < -0.4 is 5.32 Å². The molecule has 4 heteroatoms. The first kappa shape index (κ1) is 12.6. The zero-order chi connectivity index (χ0) is 12.6. The minimum atomic E-state index is -0.294. The summed E-state index contributed by atoms with van der Waals surface area (Å²) in [6.07, 6.45) is 1.79. The Morgan fingerprint density at radius 1 is 1.50 bits per heavy atom. The van der Waals surface area contributed by atoms with Crippen molar-refractivity contribution in [3.63, 3.8) is 0 Å². The van der Waals surface area contributed by atoms with Crippen molar-refractivity contribution in [3.8, 4) is 6.07 Å². The summed E-state index contributed by atoms with van der Waals surface area (Å²) in [7, 11) is 0. The van der Waals surface area contributed by atoms with Crippen LogP contribution in [-0.4, -0.2) is 26.0 Å². The van der Waals surface area contributed by atoms with E-state index in [-0.39, 0.29) is 6.29 Å². The Hall–Kier alpha value is -1.83. The molecular formula is C14H16N2O2. The van der Waals surface area contributed by atoms with Gasteiger partial charge in [-0.1, -0.05) is 30.3 Å². The highest BCUT2D eigenvalue weighted by Gasteiger charge is 2.12. The fraction of sp³-hybridized carbons (Fsp3) is 0.357. The first-order chi connectivity index (χ1) is 8.88. The monoisotopic (exact) mass is 244 g/mol. The lowest BCUT2D eigenvalue weighted by Gasteiger charge is -2.22. The first-order valence-corrected chi connectivity index (χ1v) is 5.99. The van der Waals surface area contributed by atoms with Gasteiger partial charge in [-0.2, -0.15) is 5.26 Å². The average Bonchev–Trinajstić information content (AvgIpc) is 2.45. The van der Waals surface area contributed by atoms with E-state index < -0.39 is 0 Å². The Balaban J connectivity index is 1.90. The molecule has 1 atom stereocenters. The van der Waals surface area contributed by atoms with Crippen LogP contribution >= 0.6 is 0 Å². The van der Waals surface area contributed by atoms with Gasteiger partial charge < -0.3 is 14.8 Å². The third kappa shape index (κ3) is 3.88. The van der Waals surface area contributed by atoms with Crippen LogP contribution in [0.2, 0.25) is 0 Å². The van der Waals surface area contributed by atoms with Crippen molar-refractivity contribution in [2.24, 2.45) is 0 Å². The van der Waals surface area contributed by atoms with E-state index in [1.807, 2.05) is 30.3 Å². The Kier molecular flexibility index (Phi) is 4.77. The number of allylic oxidation sites excluding steroid dienone is 1. The van der Waals surface area contributed by atoms with E-state index in [1.165, 1.54) is 6.26 Å². The van der Waals surface area contributed by atoms with Crippen LogP contribution in [0.15, 0.2) is 42.2 Å². The predicted molar refractivity (Wildman–Crippen MR) is 67.5 cm³/mol. The van der Waals surface area contributed by atoms with E-state index >= 15 is 0 Å². The topological polar surface area (TPSA) is 54.3 Å². The second-order valence-corrected chi connectivity index (χ2v) is 4.06. The highest BCUT2D eigenvalue weighted by Crippen LogP contribution is 2.08. The van der Waals surface area contributed by atoms with Gasteiger partial charge in [0.1, 0.15) is 6.26 Å². The molecule has 4 nitrogen and oxygen atoms in total. The molecule has 94 valence electrons. The van der Waals surface area contributed by atoms with Gasteiger partial charge in [0.25, 0.3) is 0 Å².